The van der Waals surface area contributed by atoms with E-state index in [2.05, 4.69) is 57.7 Å². The van der Waals surface area contributed by atoms with Crippen molar-refractivity contribution < 1.29 is 4.79 Å². The molecule has 2 amide bonds. The quantitative estimate of drug-likeness (QED) is 0.639. The molecule has 2 aromatic heterocycles. The first kappa shape index (κ1) is 19.4. The number of rotatable bonds is 4. The Labute approximate surface area is 181 Å². The van der Waals surface area contributed by atoms with Gasteiger partial charge in [-0.05, 0) is 54.7 Å². The van der Waals surface area contributed by atoms with Crippen molar-refractivity contribution in [3.05, 3.63) is 75.2 Å². The van der Waals surface area contributed by atoms with Crippen molar-refractivity contribution in [1.29, 1.82) is 0 Å². The fraction of sp³-hybridized carbons (Fsp3) is 0.417. The summed E-state index contributed by atoms with van der Waals surface area (Å²) in [6.45, 7) is 3.75. The molecule has 30 heavy (non-hydrogen) atoms. The number of carbonyl (C=O) groups excluding carboxylic acids is 1. The summed E-state index contributed by atoms with van der Waals surface area (Å²) >= 11 is 1.82. The van der Waals surface area contributed by atoms with Crippen molar-refractivity contribution in [2.45, 2.75) is 57.7 Å². The van der Waals surface area contributed by atoms with Gasteiger partial charge in [0.05, 0.1) is 24.8 Å². The van der Waals surface area contributed by atoms with E-state index in [9.17, 15) is 4.79 Å². The maximum atomic E-state index is 13.3. The number of thiophene rings is 1. The number of aromatic nitrogens is 2. The Morgan fingerprint density at radius 1 is 1.20 bits per heavy atom. The third kappa shape index (κ3) is 3.54. The first-order chi connectivity index (χ1) is 14.7. The molecule has 156 valence electrons. The molecule has 1 N–H and O–H groups in total. The van der Waals surface area contributed by atoms with E-state index in [1.807, 2.05) is 28.5 Å². The molecule has 0 bridgehead atoms. The number of urea groups is 1. The zero-order valence-electron chi connectivity index (χ0n) is 17.4. The molecule has 1 aromatic carbocycles. The smallest absolute Gasteiger partial charge is 0.318 e. The fourth-order valence-electron chi connectivity index (χ4n) is 4.97. The highest BCUT2D eigenvalue weighted by Crippen LogP contribution is 2.36. The molecule has 1 aliphatic carbocycles. The molecule has 5 nitrogen and oxygen atoms in total. The van der Waals surface area contributed by atoms with Crippen LogP contribution < -0.4 is 5.32 Å². The highest BCUT2D eigenvalue weighted by Gasteiger charge is 2.33. The minimum atomic E-state index is 0.0483. The Bertz CT molecular complexity index is 1030. The fourth-order valence-corrected chi connectivity index (χ4v) is 5.90. The van der Waals surface area contributed by atoms with Gasteiger partial charge in [-0.2, -0.15) is 5.10 Å². The van der Waals surface area contributed by atoms with E-state index in [0.29, 0.717) is 0 Å². The van der Waals surface area contributed by atoms with Crippen LogP contribution in [0.2, 0.25) is 0 Å². The third-order valence-electron chi connectivity index (χ3n) is 6.48. The molecular formula is C24H28N4OS. The molecule has 0 spiro atoms. The van der Waals surface area contributed by atoms with E-state index >= 15 is 0 Å². The zero-order valence-corrected chi connectivity index (χ0v) is 18.2. The molecule has 0 saturated carbocycles. The molecule has 3 aromatic rings. The van der Waals surface area contributed by atoms with Crippen LogP contribution in [0.15, 0.2) is 48.0 Å². The van der Waals surface area contributed by atoms with Gasteiger partial charge in [0.25, 0.3) is 0 Å². The SMILES string of the molecule is CCC1c2ccsc2CCN1C(=O)NC1CCCc2c1cnn2Cc1ccccc1. The van der Waals surface area contributed by atoms with Crippen LogP contribution in [0.1, 0.15) is 65.5 Å². The average Bonchev–Trinajstić information content (AvgIpc) is 3.41. The largest absolute Gasteiger partial charge is 0.331 e. The zero-order chi connectivity index (χ0) is 20.5. The molecule has 3 heterocycles. The predicted octanol–water partition coefficient (Wildman–Crippen LogP) is 5.09. The Hall–Kier alpha value is -2.60. The van der Waals surface area contributed by atoms with Crippen molar-refractivity contribution in [3.63, 3.8) is 0 Å². The summed E-state index contributed by atoms with van der Waals surface area (Å²) in [4.78, 5) is 16.7. The Morgan fingerprint density at radius 2 is 2.07 bits per heavy atom. The predicted molar refractivity (Wildman–Crippen MR) is 120 cm³/mol. The van der Waals surface area contributed by atoms with Gasteiger partial charge in [-0.25, -0.2) is 4.79 Å². The molecule has 0 radical (unpaired) electrons. The molecule has 0 saturated heterocycles. The van der Waals surface area contributed by atoms with E-state index < -0.39 is 0 Å². The normalized spacial score (nSPS) is 20.5. The first-order valence-electron chi connectivity index (χ1n) is 11.0. The second kappa shape index (κ2) is 8.26. The number of hydrogen-bond donors (Lipinski definition) is 1. The topological polar surface area (TPSA) is 50.2 Å². The third-order valence-corrected chi connectivity index (χ3v) is 7.47. The average molecular weight is 421 g/mol. The number of hydrogen-bond acceptors (Lipinski definition) is 3. The van der Waals surface area contributed by atoms with E-state index in [4.69, 9.17) is 0 Å². The van der Waals surface area contributed by atoms with Crippen molar-refractivity contribution >= 4 is 17.4 Å². The van der Waals surface area contributed by atoms with Gasteiger partial charge in [0.1, 0.15) is 0 Å². The minimum absolute atomic E-state index is 0.0483. The van der Waals surface area contributed by atoms with Crippen LogP contribution >= 0.6 is 11.3 Å². The van der Waals surface area contributed by atoms with E-state index in [0.717, 1.165) is 45.2 Å². The summed E-state index contributed by atoms with van der Waals surface area (Å²) in [6, 6.07) is 12.9. The van der Waals surface area contributed by atoms with Crippen LogP contribution in [0, 0.1) is 0 Å². The Balaban J connectivity index is 1.33. The maximum Gasteiger partial charge on any atom is 0.318 e. The second-order valence-electron chi connectivity index (χ2n) is 8.25. The standard InChI is InChI=1S/C24H28N4OS/c1-2-21-18-12-14-30-23(18)11-13-27(21)24(29)26-20-9-6-10-22-19(20)15-25-28(22)16-17-7-4-3-5-8-17/h3-5,7-8,12,14-15,20-21H,2,6,9-11,13,16H2,1H3,(H,26,29). The van der Waals surface area contributed by atoms with Crippen molar-refractivity contribution in [3.8, 4) is 0 Å². The van der Waals surface area contributed by atoms with Gasteiger partial charge >= 0.3 is 6.03 Å². The number of amides is 2. The maximum absolute atomic E-state index is 13.3. The molecule has 1 aliphatic heterocycles. The van der Waals surface area contributed by atoms with Gasteiger partial charge in [-0.3, -0.25) is 4.68 Å². The summed E-state index contributed by atoms with van der Waals surface area (Å²) in [5.74, 6) is 0. The number of benzene rings is 1. The van der Waals surface area contributed by atoms with Crippen LogP contribution in [0.25, 0.3) is 0 Å². The van der Waals surface area contributed by atoms with Crippen LogP contribution in [0.3, 0.4) is 0 Å². The van der Waals surface area contributed by atoms with Gasteiger partial charge in [0.2, 0.25) is 0 Å². The number of nitrogens with one attached hydrogen (secondary N) is 1. The van der Waals surface area contributed by atoms with Gasteiger partial charge < -0.3 is 10.2 Å². The minimum Gasteiger partial charge on any atom is -0.331 e. The highest BCUT2D eigenvalue weighted by molar-refractivity contribution is 7.10. The molecule has 0 fully saturated rings. The van der Waals surface area contributed by atoms with Crippen molar-refractivity contribution in [1.82, 2.24) is 20.0 Å². The Morgan fingerprint density at radius 3 is 2.90 bits per heavy atom. The van der Waals surface area contributed by atoms with E-state index in [1.165, 1.54) is 27.3 Å². The first-order valence-corrected chi connectivity index (χ1v) is 11.8. The van der Waals surface area contributed by atoms with Gasteiger partial charge in [0, 0.05) is 22.7 Å². The molecule has 6 heteroatoms. The summed E-state index contributed by atoms with van der Waals surface area (Å²) in [5.41, 5.74) is 5.04. The van der Waals surface area contributed by atoms with Gasteiger partial charge in [0.15, 0.2) is 0 Å². The number of fused-ring (bicyclic) bond motifs is 2. The molecule has 5 rings (SSSR count). The van der Waals surface area contributed by atoms with Gasteiger partial charge in [-0.15, -0.1) is 11.3 Å². The molecular weight excluding hydrogens is 392 g/mol. The molecule has 2 atom stereocenters. The summed E-state index contributed by atoms with van der Waals surface area (Å²) < 4.78 is 2.11. The lowest BCUT2D eigenvalue weighted by Crippen LogP contribution is -2.46. The second-order valence-corrected chi connectivity index (χ2v) is 9.25. The summed E-state index contributed by atoms with van der Waals surface area (Å²) in [6.07, 6.45) is 6.94. The number of carbonyl (C=O) groups is 1. The van der Waals surface area contributed by atoms with Crippen LogP contribution in [-0.4, -0.2) is 27.3 Å². The molecule has 2 unspecified atom stereocenters. The number of nitrogens with zero attached hydrogens (tertiary/aromatic N) is 3. The summed E-state index contributed by atoms with van der Waals surface area (Å²) in [5, 5.41) is 10.2. The Kier molecular flexibility index (Phi) is 5.34. The van der Waals surface area contributed by atoms with E-state index in [-0.39, 0.29) is 18.1 Å². The van der Waals surface area contributed by atoms with Crippen molar-refractivity contribution in [2.75, 3.05) is 6.54 Å². The van der Waals surface area contributed by atoms with Crippen LogP contribution in [-0.2, 0) is 19.4 Å². The molecule has 2 aliphatic rings. The van der Waals surface area contributed by atoms with Gasteiger partial charge in [-0.1, -0.05) is 37.3 Å². The van der Waals surface area contributed by atoms with Crippen molar-refractivity contribution in [2.24, 2.45) is 0 Å². The lowest BCUT2D eigenvalue weighted by Gasteiger charge is -2.37. The van der Waals surface area contributed by atoms with E-state index in [1.54, 1.807) is 0 Å². The lowest BCUT2D eigenvalue weighted by atomic mass is 9.92. The van der Waals surface area contributed by atoms with Crippen LogP contribution in [0.4, 0.5) is 4.79 Å². The highest BCUT2D eigenvalue weighted by atomic mass is 32.1. The lowest BCUT2D eigenvalue weighted by molar-refractivity contribution is 0.163. The van der Waals surface area contributed by atoms with Crippen LogP contribution in [0.5, 0.6) is 0 Å². The summed E-state index contributed by atoms with van der Waals surface area (Å²) in [7, 11) is 0. The monoisotopic (exact) mass is 420 g/mol.